The number of rotatable bonds is 7. The van der Waals surface area contributed by atoms with Gasteiger partial charge in [0.25, 0.3) is 0 Å². The maximum absolute atomic E-state index is 4.01. The van der Waals surface area contributed by atoms with Crippen molar-refractivity contribution in [1.29, 1.82) is 0 Å². The summed E-state index contributed by atoms with van der Waals surface area (Å²) in [6.45, 7) is 9.25. The lowest BCUT2D eigenvalue weighted by atomic mass is 10.1. The highest BCUT2D eigenvalue weighted by Gasteiger charge is 2.05. The number of aryl methyl sites for hydroxylation is 1. The monoisotopic (exact) mass is 211 g/mol. The lowest BCUT2D eigenvalue weighted by molar-refractivity contribution is 0.460. The van der Waals surface area contributed by atoms with E-state index in [1.165, 1.54) is 0 Å². The second-order valence-corrected chi connectivity index (χ2v) is 4.18. The van der Waals surface area contributed by atoms with E-state index in [4.69, 9.17) is 0 Å². The number of aromatic nitrogens is 4. The fourth-order valence-electron chi connectivity index (χ4n) is 1.28. The molecule has 86 valence electrons. The molecule has 0 saturated heterocycles. The third kappa shape index (κ3) is 4.38. The number of nitrogens with zero attached hydrogens (tertiary/aromatic N) is 4. The second kappa shape index (κ2) is 6.50. The van der Waals surface area contributed by atoms with Gasteiger partial charge in [-0.15, -0.1) is 5.10 Å². The molecular weight excluding hydrogens is 190 g/mol. The first-order valence-electron chi connectivity index (χ1n) is 5.69. The molecule has 1 rings (SSSR count). The van der Waals surface area contributed by atoms with Crippen LogP contribution >= 0.6 is 0 Å². The number of nitrogens with one attached hydrogen (secondary N) is 1. The zero-order chi connectivity index (χ0) is 11.1. The van der Waals surface area contributed by atoms with Crippen LogP contribution in [0.25, 0.3) is 0 Å². The average Bonchev–Trinajstić information content (AvgIpc) is 2.63. The molecule has 0 radical (unpaired) electrons. The number of hydrogen-bond donors (Lipinski definition) is 1. The molecule has 0 fully saturated rings. The summed E-state index contributed by atoms with van der Waals surface area (Å²) < 4.78 is 1.89. The lowest BCUT2D eigenvalue weighted by Gasteiger charge is -2.06. The van der Waals surface area contributed by atoms with Crippen LogP contribution in [0, 0.1) is 5.92 Å². The summed E-state index contributed by atoms with van der Waals surface area (Å²) in [5.41, 5.74) is 0. The first-order chi connectivity index (χ1) is 7.24. The highest BCUT2D eigenvalue weighted by molar-refractivity contribution is 4.79. The van der Waals surface area contributed by atoms with Crippen LogP contribution in [0.3, 0.4) is 0 Å². The molecule has 0 aromatic carbocycles. The van der Waals surface area contributed by atoms with Gasteiger partial charge in [0.1, 0.15) is 0 Å². The Morgan fingerprint density at radius 1 is 1.40 bits per heavy atom. The maximum Gasteiger partial charge on any atom is 0.165 e. The molecule has 0 unspecified atom stereocenters. The van der Waals surface area contributed by atoms with E-state index in [-0.39, 0.29) is 0 Å². The molecular formula is C10H21N5. The van der Waals surface area contributed by atoms with Crippen molar-refractivity contribution in [3.05, 3.63) is 5.82 Å². The van der Waals surface area contributed by atoms with Crippen molar-refractivity contribution in [2.45, 2.75) is 46.7 Å². The first-order valence-corrected chi connectivity index (χ1v) is 5.69. The Bertz CT molecular complexity index is 269. The van der Waals surface area contributed by atoms with Crippen molar-refractivity contribution in [3.8, 4) is 0 Å². The Hall–Kier alpha value is -0.970. The largest absolute Gasteiger partial charge is 0.310 e. The minimum atomic E-state index is 0.686. The van der Waals surface area contributed by atoms with Crippen LogP contribution in [0.5, 0.6) is 0 Å². The molecule has 0 spiro atoms. The Kier molecular flexibility index (Phi) is 5.25. The van der Waals surface area contributed by atoms with E-state index in [0.29, 0.717) is 5.92 Å². The maximum atomic E-state index is 4.01. The van der Waals surface area contributed by atoms with Crippen LogP contribution in [0.2, 0.25) is 0 Å². The molecule has 0 atom stereocenters. The fourth-order valence-corrected chi connectivity index (χ4v) is 1.28. The van der Waals surface area contributed by atoms with E-state index >= 15 is 0 Å². The van der Waals surface area contributed by atoms with Crippen LogP contribution in [0.1, 0.15) is 39.4 Å². The SMILES string of the molecule is CCCNCc1nnnn1CCC(C)C. The van der Waals surface area contributed by atoms with E-state index in [1.807, 2.05) is 4.68 Å². The third-order valence-corrected chi connectivity index (χ3v) is 2.23. The number of tetrazole rings is 1. The van der Waals surface area contributed by atoms with E-state index in [9.17, 15) is 0 Å². The van der Waals surface area contributed by atoms with Crippen molar-refractivity contribution in [1.82, 2.24) is 25.5 Å². The molecule has 0 amide bonds. The molecule has 5 nitrogen and oxygen atoms in total. The van der Waals surface area contributed by atoms with Crippen LogP contribution < -0.4 is 5.32 Å². The Labute approximate surface area is 91.2 Å². The minimum Gasteiger partial charge on any atom is -0.310 e. The van der Waals surface area contributed by atoms with Crippen LogP contribution in [0.15, 0.2) is 0 Å². The van der Waals surface area contributed by atoms with Gasteiger partial charge < -0.3 is 5.32 Å². The van der Waals surface area contributed by atoms with Gasteiger partial charge in [0.15, 0.2) is 5.82 Å². The van der Waals surface area contributed by atoms with Crippen molar-refractivity contribution in [3.63, 3.8) is 0 Å². The van der Waals surface area contributed by atoms with E-state index in [2.05, 4.69) is 41.6 Å². The van der Waals surface area contributed by atoms with E-state index < -0.39 is 0 Å². The molecule has 1 aromatic heterocycles. The fraction of sp³-hybridized carbons (Fsp3) is 0.900. The summed E-state index contributed by atoms with van der Waals surface area (Å²) in [5.74, 6) is 1.62. The Morgan fingerprint density at radius 3 is 2.87 bits per heavy atom. The molecule has 0 bridgehead atoms. The quantitative estimate of drug-likeness (QED) is 0.689. The standard InChI is InChI=1S/C10H21N5/c1-4-6-11-8-10-12-13-14-15(10)7-5-9(2)3/h9,11H,4-8H2,1-3H3. The molecule has 0 saturated carbocycles. The van der Waals surface area contributed by atoms with Gasteiger partial charge in [-0.2, -0.15) is 0 Å². The van der Waals surface area contributed by atoms with E-state index in [0.717, 1.165) is 38.3 Å². The van der Waals surface area contributed by atoms with Gasteiger partial charge in [-0.1, -0.05) is 20.8 Å². The molecule has 1 aromatic rings. The van der Waals surface area contributed by atoms with Crippen molar-refractivity contribution in [2.75, 3.05) is 6.54 Å². The van der Waals surface area contributed by atoms with Gasteiger partial charge in [-0.05, 0) is 35.7 Å². The second-order valence-electron chi connectivity index (χ2n) is 4.18. The Morgan fingerprint density at radius 2 is 2.20 bits per heavy atom. The highest BCUT2D eigenvalue weighted by atomic mass is 15.5. The Balaban J connectivity index is 2.39. The average molecular weight is 211 g/mol. The van der Waals surface area contributed by atoms with Gasteiger partial charge in [0.2, 0.25) is 0 Å². The lowest BCUT2D eigenvalue weighted by Crippen LogP contribution is -2.18. The van der Waals surface area contributed by atoms with Crippen molar-refractivity contribution < 1.29 is 0 Å². The molecule has 5 heteroatoms. The van der Waals surface area contributed by atoms with E-state index in [1.54, 1.807) is 0 Å². The summed E-state index contributed by atoms with van der Waals surface area (Å²) in [5, 5.41) is 15.0. The van der Waals surface area contributed by atoms with Crippen LogP contribution in [-0.4, -0.2) is 26.8 Å². The summed E-state index contributed by atoms with van der Waals surface area (Å²) >= 11 is 0. The summed E-state index contributed by atoms with van der Waals surface area (Å²) in [7, 11) is 0. The first kappa shape index (κ1) is 12.1. The van der Waals surface area contributed by atoms with Crippen LogP contribution in [-0.2, 0) is 13.1 Å². The molecule has 0 aliphatic rings. The van der Waals surface area contributed by atoms with Gasteiger partial charge >= 0.3 is 0 Å². The third-order valence-electron chi connectivity index (χ3n) is 2.23. The minimum absolute atomic E-state index is 0.686. The van der Waals surface area contributed by atoms with Crippen molar-refractivity contribution >= 4 is 0 Å². The summed E-state index contributed by atoms with van der Waals surface area (Å²) in [6.07, 6.45) is 2.25. The normalized spacial score (nSPS) is 11.2. The molecule has 0 aliphatic carbocycles. The highest BCUT2D eigenvalue weighted by Crippen LogP contribution is 2.02. The molecule has 1 N–H and O–H groups in total. The number of hydrogen-bond acceptors (Lipinski definition) is 4. The predicted octanol–water partition coefficient (Wildman–Crippen LogP) is 1.22. The summed E-state index contributed by atoms with van der Waals surface area (Å²) in [4.78, 5) is 0. The van der Waals surface area contributed by atoms with Crippen molar-refractivity contribution in [2.24, 2.45) is 5.92 Å². The smallest absolute Gasteiger partial charge is 0.165 e. The predicted molar refractivity (Wildman–Crippen MR) is 59.3 cm³/mol. The van der Waals surface area contributed by atoms with Gasteiger partial charge in [0.05, 0.1) is 6.54 Å². The van der Waals surface area contributed by atoms with Crippen LogP contribution in [0.4, 0.5) is 0 Å². The molecule has 15 heavy (non-hydrogen) atoms. The van der Waals surface area contributed by atoms with Gasteiger partial charge in [0, 0.05) is 6.54 Å². The topological polar surface area (TPSA) is 55.6 Å². The summed E-state index contributed by atoms with van der Waals surface area (Å²) in [6, 6.07) is 0. The zero-order valence-corrected chi connectivity index (χ0v) is 9.90. The molecule has 0 aliphatic heterocycles. The zero-order valence-electron chi connectivity index (χ0n) is 9.90. The van der Waals surface area contributed by atoms with Gasteiger partial charge in [-0.3, -0.25) is 0 Å². The molecule has 1 heterocycles. The van der Waals surface area contributed by atoms with Gasteiger partial charge in [-0.25, -0.2) is 4.68 Å².